The van der Waals surface area contributed by atoms with Gasteiger partial charge in [0.25, 0.3) is 0 Å². The van der Waals surface area contributed by atoms with Crippen LogP contribution in [0.15, 0.2) is 22.7 Å². The molecule has 0 spiro atoms. The summed E-state index contributed by atoms with van der Waals surface area (Å²) in [5.74, 6) is 1.70. The Kier molecular flexibility index (Phi) is 4.13. The summed E-state index contributed by atoms with van der Waals surface area (Å²) in [4.78, 5) is 0. The predicted octanol–water partition coefficient (Wildman–Crippen LogP) is 4.99. The monoisotopic (exact) mass is 295 g/mol. The second-order valence-corrected chi connectivity index (χ2v) is 6.69. The third-order valence-corrected chi connectivity index (χ3v) is 4.05. The second-order valence-electron chi connectivity index (χ2n) is 5.78. The van der Waals surface area contributed by atoms with Crippen molar-refractivity contribution < 1.29 is 0 Å². The molecule has 0 amide bonds. The molecule has 1 fully saturated rings. The van der Waals surface area contributed by atoms with E-state index in [-0.39, 0.29) is 0 Å². The zero-order valence-electron chi connectivity index (χ0n) is 11.0. The van der Waals surface area contributed by atoms with Crippen molar-refractivity contribution in [3.8, 4) is 0 Å². The Hall–Kier alpha value is -0.500. The third-order valence-electron chi connectivity index (χ3n) is 3.59. The van der Waals surface area contributed by atoms with Gasteiger partial charge in [-0.2, -0.15) is 0 Å². The fourth-order valence-corrected chi connectivity index (χ4v) is 3.73. The summed E-state index contributed by atoms with van der Waals surface area (Å²) in [6.07, 6.45) is 3.99. The maximum Gasteiger partial charge on any atom is 0.0356 e. The van der Waals surface area contributed by atoms with E-state index in [1.54, 1.807) is 0 Å². The molecule has 2 atom stereocenters. The first kappa shape index (κ1) is 12.9. The number of hydrogen-bond donors (Lipinski definition) is 1. The van der Waals surface area contributed by atoms with E-state index in [9.17, 15) is 0 Å². The average Bonchev–Trinajstić information content (AvgIpc) is 2.13. The molecule has 1 aromatic rings. The summed E-state index contributed by atoms with van der Waals surface area (Å²) in [5, 5.41) is 3.69. The molecule has 0 aliphatic heterocycles. The van der Waals surface area contributed by atoms with Crippen molar-refractivity contribution in [2.45, 2.75) is 46.1 Å². The van der Waals surface area contributed by atoms with Gasteiger partial charge in [0, 0.05) is 16.2 Å². The van der Waals surface area contributed by atoms with Crippen LogP contribution in [0.25, 0.3) is 0 Å². The van der Waals surface area contributed by atoms with Gasteiger partial charge >= 0.3 is 0 Å². The second kappa shape index (κ2) is 5.43. The summed E-state index contributed by atoms with van der Waals surface area (Å²) < 4.78 is 1.16. The molecule has 0 aromatic heterocycles. The van der Waals surface area contributed by atoms with Gasteiger partial charge in [0.2, 0.25) is 0 Å². The number of halogens is 1. The number of aryl methyl sites for hydroxylation is 1. The van der Waals surface area contributed by atoms with Crippen LogP contribution >= 0.6 is 15.9 Å². The molecule has 0 saturated heterocycles. The lowest BCUT2D eigenvalue weighted by atomic mass is 9.80. The van der Waals surface area contributed by atoms with Crippen molar-refractivity contribution in [1.29, 1.82) is 0 Å². The molecule has 1 aromatic carbocycles. The summed E-state index contributed by atoms with van der Waals surface area (Å²) in [6, 6.07) is 7.20. The van der Waals surface area contributed by atoms with Gasteiger partial charge in [-0.15, -0.1) is 0 Å². The zero-order chi connectivity index (χ0) is 12.4. The zero-order valence-corrected chi connectivity index (χ0v) is 12.5. The van der Waals surface area contributed by atoms with Crippen LogP contribution in [0.3, 0.4) is 0 Å². The third kappa shape index (κ3) is 3.74. The first-order chi connectivity index (χ1) is 8.02. The Morgan fingerprint density at radius 1 is 1.06 bits per heavy atom. The Morgan fingerprint density at radius 3 is 2.29 bits per heavy atom. The first-order valence-corrected chi connectivity index (χ1v) is 7.36. The van der Waals surface area contributed by atoms with Gasteiger partial charge in [0.05, 0.1) is 0 Å². The van der Waals surface area contributed by atoms with Crippen LogP contribution in [0.2, 0.25) is 0 Å². The summed E-state index contributed by atoms with van der Waals surface area (Å²) in [6.45, 7) is 6.88. The largest absolute Gasteiger partial charge is 0.382 e. The van der Waals surface area contributed by atoms with E-state index in [0.717, 1.165) is 16.3 Å². The smallest absolute Gasteiger partial charge is 0.0356 e. The molecule has 1 N–H and O–H groups in total. The number of nitrogens with one attached hydrogen (secondary N) is 1. The van der Waals surface area contributed by atoms with Gasteiger partial charge in [-0.1, -0.05) is 29.8 Å². The minimum absolute atomic E-state index is 0.641. The highest BCUT2D eigenvalue weighted by Crippen LogP contribution is 2.31. The molecule has 0 bridgehead atoms. The SMILES string of the molecule is Cc1cc(Br)cc(NC2CC(C)CC(C)C2)c1. The van der Waals surface area contributed by atoms with Gasteiger partial charge in [0.1, 0.15) is 0 Å². The normalized spacial score (nSPS) is 29.1. The topological polar surface area (TPSA) is 12.0 Å². The van der Waals surface area contributed by atoms with Crippen LogP contribution in [0.4, 0.5) is 5.69 Å². The van der Waals surface area contributed by atoms with E-state index in [1.807, 2.05) is 0 Å². The lowest BCUT2D eigenvalue weighted by Crippen LogP contribution is -2.30. The molecule has 2 rings (SSSR count). The van der Waals surface area contributed by atoms with E-state index in [0.29, 0.717) is 6.04 Å². The number of rotatable bonds is 2. The maximum atomic E-state index is 3.69. The molecule has 17 heavy (non-hydrogen) atoms. The van der Waals surface area contributed by atoms with Crippen molar-refractivity contribution in [1.82, 2.24) is 0 Å². The van der Waals surface area contributed by atoms with Gasteiger partial charge in [-0.05, 0) is 61.8 Å². The Morgan fingerprint density at radius 2 is 1.71 bits per heavy atom. The minimum atomic E-state index is 0.641. The molecule has 1 aliphatic rings. The minimum Gasteiger partial charge on any atom is -0.382 e. The lowest BCUT2D eigenvalue weighted by molar-refractivity contribution is 0.281. The van der Waals surface area contributed by atoms with Crippen LogP contribution in [0.1, 0.15) is 38.7 Å². The van der Waals surface area contributed by atoms with Crippen molar-refractivity contribution in [3.05, 3.63) is 28.2 Å². The highest BCUT2D eigenvalue weighted by Gasteiger charge is 2.23. The van der Waals surface area contributed by atoms with Crippen molar-refractivity contribution in [2.24, 2.45) is 11.8 Å². The van der Waals surface area contributed by atoms with Crippen molar-refractivity contribution >= 4 is 21.6 Å². The van der Waals surface area contributed by atoms with Crippen LogP contribution < -0.4 is 5.32 Å². The van der Waals surface area contributed by atoms with E-state index >= 15 is 0 Å². The molecular weight excluding hydrogens is 274 g/mol. The van der Waals surface area contributed by atoms with Crippen LogP contribution in [-0.2, 0) is 0 Å². The molecule has 1 saturated carbocycles. The average molecular weight is 296 g/mol. The molecule has 2 unspecified atom stereocenters. The predicted molar refractivity (Wildman–Crippen MR) is 78.5 cm³/mol. The van der Waals surface area contributed by atoms with Gasteiger partial charge in [-0.25, -0.2) is 0 Å². The van der Waals surface area contributed by atoms with E-state index in [4.69, 9.17) is 0 Å². The standard InChI is InChI=1S/C15H22BrN/c1-10-4-11(2)7-14(6-10)17-15-8-12(3)5-13(16)9-15/h5,8-11,14,17H,4,6-7H2,1-3H3. The summed E-state index contributed by atoms with van der Waals surface area (Å²) in [5.41, 5.74) is 2.56. The summed E-state index contributed by atoms with van der Waals surface area (Å²) >= 11 is 3.56. The number of hydrogen-bond acceptors (Lipinski definition) is 1. The maximum absolute atomic E-state index is 3.69. The summed E-state index contributed by atoms with van der Waals surface area (Å²) in [7, 11) is 0. The van der Waals surface area contributed by atoms with Crippen LogP contribution in [0, 0.1) is 18.8 Å². The number of benzene rings is 1. The highest BCUT2D eigenvalue weighted by atomic mass is 79.9. The van der Waals surface area contributed by atoms with Gasteiger partial charge < -0.3 is 5.32 Å². The molecular formula is C15H22BrN. The van der Waals surface area contributed by atoms with Crippen LogP contribution in [-0.4, -0.2) is 6.04 Å². The highest BCUT2D eigenvalue weighted by molar-refractivity contribution is 9.10. The van der Waals surface area contributed by atoms with E-state index < -0.39 is 0 Å². The molecule has 0 radical (unpaired) electrons. The fourth-order valence-electron chi connectivity index (χ4n) is 3.12. The molecule has 94 valence electrons. The first-order valence-electron chi connectivity index (χ1n) is 6.56. The van der Waals surface area contributed by atoms with E-state index in [2.05, 4.69) is 60.2 Å². The molecule has 1 aliphatic carbocycles. The molecule has 1 nitrogen and oxygen atoms in total. The van der Waals surface area contributed by atoms with E-state index in [1.165, 1.54) is 30.5 Å². The van der Waals surface area contributed by atoms with Crippen molar-refractivity contribution in [2.75, 3.05) is 5.32 Å². The van der Waals surface area contributed by atoms with Gasteiger partial charge in [0.15, 0.2) is 0 Å². The Bertz CT molecular complexity index is 358. The van der Waals surface area contributed by atoms with Crippen molar-refractivity contribution in [3.63, 3.8) is 0 Å². The Balaban J connectivity index is 2.04. The quantitative estimate of drug-likeness (QED) is 0.810. The Labute approximate surface area is 113 Å². The number of anilines is 1. The lowest BCUT2D eigenvalue weighted by Gasteiger charge is -2.32. The van der Waals surface area contributed by atoms with Gasteiger partial charge in [-0.3, -0.25) is 0 Å². The molecule has 2 heteroatoms. The van der Waals surface area contributed by atoms with Crippen LogP contribution in [0.5, 0.6) is 0 Å². The fraction of sp³-hybridized carbons (Fsp3) is 0.600. The molecule has 0 heterocycles.